The van der Waals surface area contributed by atoms with Crippen molar-refractivity contribution in [3.8, 4) is 11.3 Å². The largest absolute Gasteiger partial charge is 0.478 e. The number of halogens is 3. The maximum absolute atomic E-state index is 14.6. The summed E-state index contributed by atoms with van der Waals surface area (Å²) >= 11 is 6.27. The van der Waals surface area contributed by atoms with Gasteiger partial charge in [-0.2, -0.15) is 0 Å². The summed E-state index contributed by atoms with van der Waals surface area (Å²) in [7, 11) is 0. The minimum atomic E-state index is -1.36. The minimum Gasteiger partial charge on any atom is -0.478 e. The molecule has 34 heavy (non-hydrogen) atoms. The second kappa shape index (κ2) is 8.64. The zero-order chi connectivity index (χ0) is 23.8. The lowest BCUT2D eigenvalue weighted by Crippen LogP contribution is -2.07. The smallest absolute Gasteiger partial charge is 0.338 e. The van der Waals surface area contributed by atoms with Crippen LogP contribution < -0.4 is 5.32 Å². The van der Waals surface area contributed by atoms with Crippen molar-refractivity contribution in [2.24, 2.45) is 4.99 Å². The molecule has 4 aromatic rings. The zero-order valence-electron chi connectivity index (χ0n) is 17.4. The number of aliphatic imine (C=N–C) groups is 1. The summed E-state index contributed by atoms with van der Waals surface area (Å²) in [6.45, 7) is 0.216. The van der Waals surface area contributed by atoms with Gasteiger partial charge in [-0.1, -0.05) is 29.8 Å². The number of nitrogens with zero attached hydrogens (tertiary/aromatic N) is 3. The monoisotopic (exact) mass is 476 g/mol. The fourth-order valence-corrected chi connectivity index (χ4v) is 3.94. The number of hydrogen-bond acceptors (Lipinski definition) is 5. The van der Waals surface area contributed by atoms with Crippen molar-refractivity contribution in [2.75, 3.05) is 5.32 Å². The Balaban J connectivity index is 1.58. The lowest BCUT2D eigenvalue weighted by Gasteiger charge is -2.13. The van der Waals surface area contributed by atoms with Crippen LogP contribution in [-0.2, 0) is 6.54 Å². The first-order chi connectivity index (χ1) is 16.4. The van der Waals surface area contributed by atoms with E-state index in [0.717, 1.165) is 12.1 Å². The number of carbonyl (C=O) groups is 1. The van der Waals surface area contributed by atoms with Gasteiger partial charge in [0.2, 0.25) is 5.95 Å². The third-order valence-corrected chi connectivity index (χ3v) is 5.58. The molecule has 0 spiro atoms. The Kier molecular flexibility index (Phi) is 5.51. The molecular formula is C25H15ClF2N4O2. The van der Waals surface area contributed by atoms with Gasteiger partial charge in [0.25, 0.3) is 0 Å². The van der Waals surface area contributed by atoms with E-state index in [1.54, 1.807) is 42.6 Å². The van der Waals surface area contributed by atoms with Crippen LogP contribution >= 0.6 is 11.6 Å². The van der Waals surface area contributed by atoms with Crippen molar-refractivity contribution < 1.29 is 18.7 Å². The Labute approximate surface area is 197 Å². The van der Waals surface area contributed by atoms with E-state index in [-0.39, 0.29) is 18.2 Å². The summed E-state index contributed by atoms with van der Waals surface area (Å²) in [5, 5.41) is 12.4. The van der Waals surface area contributed by atoms with Crippen molar-refractivity contribution in [1.29, 1.82) is 0 Å². The lowest BCUT2D eigenvalue weighted by atomic mass is 9.95. The standard InChI is InChI=1S/C25H15ClF2N4O2/c26-14-5-7-16-19(9-14)23(17-3-1-2-4-20(17)27)29-11-13-12-30-25(32-22(13)16)31-15-6-8-18(24(33)34)21(28)10-15/h1-10,12H,11H2,(H,33,34)(H,30,31,32). The molecule has 0 unspecified atom stereocenters. The molecule has 1 aliphatic rings. The van der Waals surface area contributed by atoms with E-state index in [4.69, 9.17) is 16.7 Å². The normalized spacial score (nSPS) is 12.3. The molecule has 0 fully saturated rings. The van der Waals surface area contributed by atoms with Crippen LogP contribution in [-0.4, -0.2) is 26.8 Å². The van der Waals surface area contributed by atoms with Crippen LogP contribution in [0.4, 0.5) is 20.4 Å². The second-order valence-corrected chi connectivity index (χ2v) is 7.96. The zero-order valence-corrected chi connectivity index (χ0v) is 18.1. The number of anilines is 2. The van der Waals surface area contributed by atoms with Gasteiger partial charge in [0.05, 0.1) is 23.5 Å². The molecule has 0 bridgehead atoms. The van der Waals surface area contributed by atoms with Crippen LogP contribution in [0.15, 0.2) is 71.9 Å². The number of benzene rings is 3. The topological polar surface area (TPSA) is 87.5 Å². The molecule has 0 aliphatic carbocycles. The van der Waals surface area contributed by atoms with Gasteiger partial charge in [-0.15, -0.1) is 0 Å². The first-order valence-electron chi connectivity index (χ1n) is 10.2. The summed E-state index contributed by atoms with van der Waals surface area (Å²) in [5.41, 5.74) is 3.26. The Morgan fingerprint density at radius 2 is 1.79 bits per heavy atom. The van der Waals surface area contributed by atoms with E-state index in [9.17, 15) is 13.6 Å². The number of carboxylic acid groups (broad SMARTS) is 1. The van der Waals surface area contributed by atoms with Crippen LogP contribution in [0.5, 0.6) is 0 Å². The van der Waals surface area contributed by atoms with Gasteiger partial charge in [0, 0.05) is 39.2 Å². The average Bonchev–Trinajstić information content (AvgIpc) is 2.96. The van der Waals surface area contributed by atoms with Crippen LogP contribution in [0.1, 0.15) is 27.0 Å². The van der Waals surface area contributed by atoms with E-state index in [2.05, 4.69) is 20.3 Å². The molecule has 0 saturated carbocycles. The van der Waals surface area contributed by atoms with Gasteiger partial charge in [0.15, 0.2) is 0 Å². The van der Waals surface area contributed by atoms with Crippen molar-refractivity contribution >= 4 is 34.9 Å². The highest BCUT2D eigenvalue weighted by atomic mass is 35.5. The van der Waals surface area contributed by atoms with Crippen LogP contribution in [0.2, 0.25) is 5.02 Å². The highest BCUT2D eigenvalue weighted by Gasteiger charge is 2.23. The molecular weight excluding hydrogens is 462 g/mol. The number of rotatable bonds is 4. The molecule has 2 N–H and O–H groups in total. The second-order valence-electron chi connectivity index (χ2n) is 7.53. The summed E-state index contributed by atoms with van der Waals surface area (Å²) in [6.07, 6.45) is 1.60. The molecule has 3 aromatic carbocycles. The average molecular weight is 477 g/mol. The van der Waals surface area contributed by atoms with Crippen LogP contribution in [0, 0.1) is 11.6 Å². The predicted molar refractivity (Wildman–Crippen MR) is 125 cm³/mol. The summed E-state index contributed by atoms with van der Waals surface area (Å²) in [6, 6.07) is 15.2. The molecule has 0 saturated heterocycles. The van der Waals surface area contributed by atoms with Gasteiger partial charge in [-0.05, 0) is 42.5 Å². The van der Waals surface area contributed by atoms with E-state index in [0.29, 0.717) is 38.7 Å². The third kappa shape index (κ3) is 3.99. The van der Waals surface area contributed by atoms with Gasteiger partial charge in [0.1, 0.15) is 11.6 Å². The van der Waals surface area contributed by atoms with Gasteiger partial charge in [-0.25, -0.2) is 23.5 Å². The van der Waals surface area contributed by atoms with E-state index in [1.165, 1.54) is 12.1 Å². The highest BCUT2D eigenvalue weighted by molar-refractivity contribution is 6.31. The number of aromatic nitrogens is 2. The van der Waals surface area contributed by atoms with E-state index >= 15 is 0 Å². The number of aromatic carboxylic acids is 1. The third-order valence-electron chi connectivity index (χ3n) is 5.35. The maximum Gasteiger partial charge on any atom is 0.338 e. The molecule has 5 rings (SSSR count). The number of carboxylic acids is 1. The Morgan fingerprint density at radius 3 is 2.56 bits per heavy atom. The predicted octanol–water partition coefficient (Wildman–Crippen LogP) is 5.87. The molecule has 6 nitrogen and oxygen atoms in total. The first-order valence-corrected chi connectivity index (χ1v) is 10.5. The molecule has 1 aromatic heterocycles. The summed E-state index contributed by atoms with van der Waals surface area (Å²) in [4.78, 5) is 24.6. The van der Waals surface area contributed by atoms with E-state index in [1.807, 2.05) is 0 Å². The molecule has 0 amide bonds. The molecule has 9 heteroatoms. The minimum absolute atomic E-state index is 0.177. The Morgan fingerprint density at radius 1 is 0.971 bits per heavy atom. The van der Waals surface area contributed by atoms with Crippen LogP contribution in [0.25, 0.3) is 11.3 Å². The molecule has 1 aliphatic heterocycles. The van der Waals surface area contributed by atoms with Crippen molar-refractivity contribution in [1.82, 2.24) is 9.97 Å². The quantitative estimate of drug-likeness (QED) is 0.385. The van der Waals surface area contributed by atoms with Crippen molar-refractivity contribution in [3.63, 3.8) is 0 Å². The lowest BCUT2D eigenvalue weighted by molar-refractivity contribution is 0.0692. The summed E-state index contributed by atoms with van der Waals surface area (Å²) in [5.74, 6) is -2.46. The van der Waals surface area contributed by atoms with Crippen molar-refractivity contribution in [3.05, 3.63) is 106 Å². The fraction of sp³-hybridized carbons (Fsp3) is 0.0400. The van der Waals surface area contributed by atoms with Gasteiger partial charge in [-0.3, -0.25) is 4.99 Å². The SMILES string of the molecule is O=C(O)c1ccc(Nc2ncc3c(n2)-c2ccc(Cl)cc2C(c2ccccc2F)=NC3)cc1F. The molecule has 0 atom stereocenters. The first kappa shape index (κ1) is 21.7. The van der Waals surface area contributed by atoms with E-state index < -0.39 is 23.2 Å². The highest BCUT2D eigenvalue weighted by Crippen LogP contribution is 2.34. The number of nitrogens with one attached hydrogen (secondary N) is 1. The van der Waals surface area contributed by atoms with Gasteiger partial charge < -0.3 is 10.4 Å². The summed E-state index contributed by atoms with van der Waals surface area (Å²) < 4.78 is 28.7. The van der Waals surface area contributed by atoms with Gasteiger partial charge >= 0.3 is 5.97 Å². The molecule has 0 radical (unpaired) electrons. The number of hydrogen-bond donors (Lipinski definition) is 2. The van der Waals surface area contributed by atoms with Crippen LogP contribution in [0.3, 0.4) is 0 Å². The Bertz CT molecular complexity index is 1490. The molecule has 2 heterocycles. The van der Waals surface area contributed by atoms with Crippen molar-refractivity contribution in [2.45, 2.75) is 6.54 Å². The number of fused-ring (bicyclic) bond motifs is 3. The Hall–Kier alpha value is -4.17. The maximum atomic E-state index is 14.6. The fourth-order valence-electron chi connectivity index (χ4n) is 3.76. The molecule has 168 valence electrons.